The number of aliphatic hydroxyl groups excluding tert-OH is 1. The number of carbonyl (C=O) groups excluding carboxylic acids is 4. The third-order valence-corrected chi connectivity index (χ3v) is 9.71. The van der Waals surface area contributed by atoms with Gasteiger partial charge in [-0.15, -0.1) is 0 Å². The number of hydrogen-bond donors (Lipinski definition) is 7. The van der Waals surface area contributed by atoms with E-state index < -0.39 is 95.1 Å². The van der Waals surface area contributed by atoms with Crippen LogP contribution in [0.15, 0.2) is 42.5 Å². The van der Waals surface area contributed by atoms with Crippen molar-refractivity contribution in [3.8, 4) is 23.0 Å². The Morgan fingerprint density at radius 1 is 1.00 bits per heavy atom. The molecule has 0 bridgehead atoms. The molecule has 2 amide bonds. The van der Waals surface area contributed by atoms with Gasteiger partial charge in [-0.2, -0.15) is 0 Å². The molecule has 1 fully saturated rings. The Hall–Kier alpha value is -5.02. The molecule has 1 heterocycles. The van der Waals surface area contributed by atoms with Gasteiger partial charge in [0.05, 0.1) is 42.0 Å². The number of phenolic OH excluding ortho intramolecular Hbond substituents is 3. The number of Topliss-reactive ketones (excluding diaryl/α,β-unsaturated/α-hetero) is 1. The maximum atomic E-state index is 13.9. The molecule has 14 nitrogen and oxygen atoms in total. The van der Waals surface area contributed by atoms with Gasteiger partial charge in [-0.1, -0.05) is 24.3 Å². The van der Waals surface area contributed by atoms with Crippen LogP contribution in [-0.2, 0) is 27.1 Å². The monoisotopic (exact) mass is 690 g/mol. The summed E-state index contributed by atoms with van der Waals surface area (Å²) in [4.78, 5) is 53.1. The summed E-state index contributed by atoms with van der Waals surface area (Å²) in [5, 5.41) is 60.5. The Kier molecular flexibility index (Phi) is 9.31. The van der Waals surface area contributed by atoms with E-state index in [1.807, 2.05) is 0 Å². The number of urea groups is 1. The van der Waals surface area contributed by atoms with Crippen LogP contribution in [0.5, 0.6) is 23.0 Å². The van der Waals surface area contributed by atoms with Crippen molar-refractivity contribution in [3.63, 3.8) is 0 Å². The van der Waals surface area contributed by atoms with Crippen LogP contribution in [0.4, 0.5) is 4.79 Å². The number of fused-ring (bicyclic) bond motifs is 3. The molecule has 264 valence electrons. The summed E-state index contributed by atoms with van der Waals surface area (Å²) in [5.41, 5.74) is -2.53. The zero-order chi connectivity index (χ0) is 36.1. The normalized spacial score (nSPS) is 25.6. The highest BCUT2D eigenvalue weighted by Gasteiger charge is 2.49. The fourth-order valence-corrected chi connectivity index (χ4v) is 6.97. The maximum Gasteiger partial charge on any atom is 0.315 e. The van der Waals surface area contributed by atoms with Crippen LogP contribution in [0.3, 0.4) is 0 Å². The summed E-state index contributed by atoms with van der Waals surface area (Å²) in [5.74, 6) is -3.32. The molecule has 50 heavy (non-hydrogen) atoms. The molecule has 1 aliphatic heterocycles. The van der Waals surface area contributed by atoms with Crippen LogP contribution in [0, 0.1) is 0 Å². The van der Waals surface area contributed by atoms with Gasteiger partial charge in [0.25, 0.3) is 0 Å². The summed E-state index contributed by atoms with van der Waals surface area (Å²) in [6.07, 6.45) is -5.02. The molecule has 2 aliphatic carbocycles. The molecule has 3 aromatic rings. The van der Waals surface area contributed by atoms with E-state index >= 15 is 0 Å². The number of hydrogen-bond acceptors (Lipinski definition) is 12. The molecule has 0 aromatic heterocycles. The van der Waals surface area contributed by atoms with Gasteiger partial charge in [-0.25, -0.2) is 4.79 Å². The molecule has 3 aliphatic rings. The van der Waals surface area contributed by atoms with Crippen molar-refractivity contribution >= 4 is 23.4 Å². The second-order valence-corrected chi connectivity index (χ2v) is 12.9. The van der Waals surface area contributed by atoms with Gasteiger partial charge < -0.3 is 50.4 Å². The number of ketones is 3. The molecular formula is C36H38N2O12. The van der Waals surface area contributed by atoms with E-state index in [1.54, 1.807) is 31.2 Å². The molecule has 14 heteroatoms. The lowest BCUT2D eigenvalue weighted by Crippen LogP contribution is -2.57. The fourth-order valence-electron chi connectivity index (χ4n) is 6.97. The van der Waals surface area contributed by atoms with E-state index in [0.717, 1.165) is 12.5 Å². The van der Waals surface area contributed by atoms with Gasteiger partial charge in [0.2, 0.25) is 5.78 Å². The van der Waals surface area contributed by atoms with E-state index in [-0.39, 0.29) is 46.7 Å². The number of aromatic hydroxyl groups is 3. The first-order chi connectivity index (χ1) is 23.7. The summed E-state index contributed by atoms with van der Waals surface area (Å²) >= 11 is 0. The van der Waals surface area contributed by atoms with Crippen LogP contribution >= 0.6 is 0 Å². The van der Waals surface area contributed by atoms with E-state index in [9.17, 15) is 44.7 Å². The first-order valence-corrected chi connectivity index (χ1v) is 16.2. The Morgan fingerprint density at radius 3 is 2.38 bits per heavy atom. The van der Waals surface area contributed by atoms with Crippen molar-refractivity contribution in [2.45, 2.75) is 75.8 Å². The predicted molar refractivity (Wildman–Crippen MR) is 175 cm³/mol. The van der Waals surface area contributed by atoms with Crippen LogP contribution < -0.4 is 15.4 Å². The minimum Gasteiger partial charge on any atom is -0.508 e. The molecular weight excluding hydrogens is 652 g/mol. The number of aliphatic hydroxyl groups is 2. The summed E-state index contributed by atoms with van der Waals surface area (Å²) in [6.45, 7) is 2.98. The SMILES string of the molecule is COc1cccc2c1C(=O)c1c(O)c3c(c(O)c1C2=O)C[C@@](O)(C(C)=O)C[C@@H]3OC1CC(NC(=O)NCCc2ccc(O)cc2)C(O)C(C)O1. The zero-order valence-corrected chi connectivity index (χ0v) is 27.6. The van der Waals surface area contributed by atoms with Crippen LogP contribution in [0.25, 0.3) is 0 Å². The molecule has 7 N–H and O–H groups in total. The number of phenols is 3. The van der Waals surface area contributed by atoms with E-state index in [1.165, 1.54) is 25.3 Å². The second kappa shape index (κ2) is 13.4. The summed E-state index contributed by atoms with van der Waals surface area (Å²) < 4.78 is 17.5. The third kappa shape index (κ3) is 6.15. The zero-order valence-electron chi connectivity index (χ0n) is 27.6. The maximum absolute atomic E-state index is 13.9. The van der Waals surface area contributed by atoms with Gasteiger partial charge in [-0.05, 0) is 44.0 Å². The number of carbonyl (C=O) groups is 4. The van der Waals surface area contributed by atoms with Crippen LogP contribution in [0.1, 0.15) is 81.3 Å². The average molecular weight is 691 g/mol. The third-order valence-electron chi connectivity index (χ3n) is 9.71. The standard InChI is InChI=1S/C36H38N2O12/c1-16-30(41)22(38-35(46)37-12-11-18-7-9-19(40)10-8-18)13-25(49-16)50-24-15-36(47,17(2)39)14-21-27(24)34(45)29-28(32(21)43)31(42)20-5-4-6-23(48-3)26(20)33(29)44/h4-10,16,22,24-25,30,40-41,43,45,47H,11-15H2,1-3H3,(H2,37,38,46)/t16?,22?,24-,25?,30?,36-/m0/s1. The first-order valence-electron chi connectivity index (χ1n) is 16.2. The predicted octanol–water partition coefficient (Wildman–Crippen LogP) is 2.32. The highest BCUT2D eigenvalue weighted by Crippen LogP contribution is 2.52. The van der Waals surface area contributed by atoms with Crippen molar-refractivity contribution in [1.82, 2.24) is 10.6 Å². The minimum absolute atomic E-state index is 0.0481. The topological polar surface area (TPSA) is 221 Å². The smallest absolute Gasteiger partial charge is 0.315 e. The van der Waals surface area contributed by atoms with E-state index in [0.29, 0.717) is 6.42 Å². The summed E-state index contributed by atoms with van der Waals surface area (Å²) in [6, 6.07) is 9.49. The molecule has 6 rings (SSSR count). The lowest BCUT2D eigenvalue weighted by molar-refractivity contribution is -0.248. The van der Waals surface area contributed by atoms with E-state index in [4.69, 9.17) is 14.2 Å². The quantitative estimate of drug-likeness (QED) is 0.132. The van der Waals surface area contributed by atoms with Crippen molar-refractivity contribution in [3.05, 3.63) is 81.4 Å². The summed E-state index contributed by atoms with van der Waals surface area (Å²) in [7, 11) is 1.32. The molecule has 0 saturated carbocycles. The highest BCUT2D eigenvalue weighted by molar-refractivity contribution is 6.31. The Morgan fingerprint density at radius 2 is 1.70 bits per heavy atom. The number of methoxy groups -OCH3 is 1. The highest BCUT2D eigenvalue weighted by atomic mass is 16.7. The molecule has 0 radical (unpaired) electrons. The fraction of sp³-hybridized carbons (Fsp3) is 0.389. The number of rotatable bonds is 8. The molecule has 4 unspecified atom stereocenters. The van der Waals surface area contributed by atoms with E-state index in [2.05, 4.69) is 10.6 Å². The molecule has 1 saturated heterocycles. The van der Waals surface area contributed by atoms with Gasteiger partial charge in [0.15, 0.2) is 17.9 Å². The minimum atomic E-state index is -2.09. The number of benzene rings is 3. The first kappa shape index (κ1) is 34.8. The molecule has 3 aromatic carbocycles. The van der Waals surface area contributed by atoms with Crippen molar-refractivity contribution in [2.75, 3.05) is 13.7 Å². The number of nitrogens with one attached hydrogen (secondary N) is 2. The lowest BCUT2D eigenvalue weighted by atomic mass is 9.72. The van der Waals surface area contributed by atoms with Gasteiger partial charge >= 0.3 is 6.03 Å². The lowest BCUT2D eigenvalue weighted by Gasteiger charge is -2.42. The Labute approximate surface area is 286 Å². The second-order valence-electron chi connectivity index (χ2n) is 12.9. The van der Waals surface area contributed by atoms with Crippen LogP contribution in [-0.4, -0.2) is 92.7 Å². The van der Waals surface area contributed by atoms with Gasteiger partial charge in [0.1, 0.15) is 34.7 Å². The van der Waals surface area contributed by atoms with Crippen molar-refractivity contribution < 1.29 is 58.9 Å². The number of ether oxygens (including phenoxy) is 3. The number of amides is 2. The van der Waals surface area contributed by atoms with Crippen molar-refractivity contribution in [1.29, 1.82) is 0 Å². The molecule has 6 atom stereocenters. The largest absolute Gasteiger partial charge is 0.508 e. The average Bonchev–Trinajstić information content (AvgIpc) is 3.07. The molecule has 0 spiro atoms. The van der Waals surface area contributed by atoms with Crippen LogP contribution in [0.2, 0.25) is 0 Å². The Bertz CT molecular complexity index is 1880. The van der Waals surface area contributed by atoms with Gasteiger partial charge in [0, 0.05) is 42.5 Å². The van der Waals surface area contributed by atoms with Crippen molar-refractivity contribution in [2.24, 2.45) is 0 Å². The Balaban J connectivity index is 1.28. The van der Waals surface area contributed by atoms with Gasteiger partial charge in [-0.3, -0.25) is 14.4 Å².